The van der Waals surface area contributed by atoms with Gasteiger partial charge in [-0.25, -0.2) is 0 Å². The molecule has 6 nitrogen and oxygen atoms in total. The summed E-state index contributed by atoms with van der Waals surface area (Å²) in [6.07, 6.45) is 3.50. The summed E-state index contributed by atoms with van der Waals surface area (Å²) in [5.74, 6) is 0.120. The zero-order valence-corrected chi connectivity index (χ0v) is 11.3. The maximum Gasteiger partial charge on any atom is 0.237 e. The number of morpholine rings is 1. The summed E-state index contributed by atoms with van der Waals surface area (Å²) in [5, 5.41) is 6.04. The Balaban J connectivity index is 1.62. The lowest BCUT2D eigenvalue weighted by Gasteiger charge is -2.27. The topological polar surface area (TPSA) is 70.7 Å². The van der Waals surface area contributed by atoms with E-state index < -0.39 is 0 Å². The van der Waals surface area contributed by atoms with Gasteiger partial charge in [0.2, 0.25) is 11.8 Å². The smallest absolute Gasteiger partial charge is 0.237 e. The second kappa shape index (κ2) is 7.45. The van der Waals surface area contributed by atoms with Crippen LogP contribution in [0.25, 0.3) is 0 Å². The van der Waals surface area contributed by atoms with Crippen LogP contribution in [-0.4, -0.2) is 62.1 Å². The molecular formula is C13H23N3O3. The number of ether oxygens (including phenoxy) is 1. The van der Waals surface area contributed by atoms with Gasteiger partial charge >= 0.3 is 0 Å². The van der Waals surface area contributed by atoms with E-state index in [1.165, 1.54) is 0 Å². The van der Waals surface area contributed by atoms with Gasteiger partial charge < -0.3 is 20.3 Å². The van der Waals surface area contributed by atoms with Gasteiger partial charge in [-0.05, 0) is 19.4 Å². The van der Waals surface area contributed by atoms with E-state index in [0.717, 1.165) is 25.8 Å². The van der Waals surface area contributed by atoms with Crippen LogP contribution < -0.4 is 10.6 Å². The number of nitrogens with zero attached hydrogens (tertiary/aromatic N) is 1. The number of carbonyl (C=O) groups excluding carboxylic acids is 2. The van der Waals surface area contributed by atoms with Crippen molar-refractivity contribution in [2.45, 2.75) is 31.7 Å². The molecule has 0 aromatic carbocycles. The van der Waals surface area contributed by atoms with Gasteiger partial charge in [0.15, 0.2) is 0 Å². The standard InChI is InChI=1S/C13H23N3O3/c17-12(16-7-9-19-10-8-16)4-6-15-13(18)11-3-1-2-5-14-11/h11,14H,1-10H2,(H,15,18)/t11-/m0/s1. The van der Waals surface area contributed by atoms with Gasteiger partial charge in [-0.2, -0.15) is 0 Å². The first-order valence-electron chi connectivity index (χ1n) is 7.14. The highest BCUT2D eigenvalue weighted by Gasteiger charge is 2.21. The van der Waals surface area contributed by atoms with Gasteiger partial charge in [0, 0.05) is 26.1 Å². The number of rotatable bonds is 4. The Kier molecular flexibility index (Phi) is 5.60. The van der Waals surface area contributed by atoms with Crippen LogP contribution in [0.3, 0.4) is 0 Å². The molecule has 0 spiro atoms. The Labute approximate surface area is 113 Å². The van der Waals surface area contributed by atoms with Crippen LogP contribution in [0, 0.1) is 0 Å². The number of amides is 2. The molecule has 2 aliphatic heterocycles. The van der Waals surface area contributed by atoms with Crippen molar-refractivity contribution in [1.29, 1.82) is 0 Å². The van der Waals surface area contributed by atoms with Gasteiger partial charge in [-0.1, -0.05) is 6.42 Å². The number of nitrogens with one attached hydrogen (secondary N) is 2. The van der Waals surface area contributed by atoms with E-state index in [-0.39, 0.29) is 17.9 Å². The van der Waals surface area contributed by atoms with E-state index in [4.69, 9.17) is 4.74 Å². The quantitative estimate of drug-likeness (QED) is 0.721. The van der Waals surface area contributed by atoms with Gasteiger partial charge in [-0.3, -0.25) is 9.59 Å². The number of piperidine rings is 1. The van der Waals surface area contributed by atoms with Crippen molar-refractivity contribution >= 4 is 11.8 Å². The third-order valence-corrected chi connectivity index (χ3v) is 3.63. The monoisotopic (exact) mass is 269 g/mol. The lowest BCUT2D eigenvalue weighted by atomic mass is 10.0. The summed E-state index contributed by atoms with van der Waals surface area (Å²) < 4.78 is 5.20. The molecule has 6 heteroatoms. The molecule has 0 bridgehead atoms. The molecular weight excluding hydrogens is 246 g/mol. The van der Waals surface area contributed by atoms with Crippen molar-refractivity contribution in [1.82, 2.24) is 15.5 Å². The molecule has 0 radical (unpaired) electrons. The summed E-state index contributed by atoms with van der Waals surface area (Å²) in [4.78, 5) is 25.5. The molecule has 0 aromatic heterocycles. The molecule has 2 N–H and O–H groups in total. The minimum absolute atomic E-state index is 0.0227. The van der Waals surface area contributed by atoms with Crippen LogP contribution in [0.2, 0.25) is 0 Å². The second-order valence-corrected chi connectivity index (χ2v) is 5.04. The zero-order valence-electron chi connectivity index (χ0n) is 11.3. The van der Waals surface area contributed by atoms with E-state index in [2.05, 4.69) is 10.6 Å². The highest BCUT2D eigenvalue weighted by Crippen LogP contribution is 2.06. The molecule has 2 fully saturated rings. The van der Waals surface area contributed by atoms with Gasteiger partial charge in [0.25, 0.3) is 0 Å². The lowest BCUT2D eigenvalue weighted by Crippen LogP contribution is -2.47. The average Bonchev–Trinajstić information content (AvgIpc) is 2.49. The van der Waals surface area contributed by atoms with Crippen molar-refractivity contribution in [3.63, 3.8) is 0 Å². The fourth-order valence-electron chi connectivity index (χ4n) is 2.46. The Hall–Kier alpha value is -1.14. The molecule has 2 amide bonds. The number of carbonyl (C=O) groups is 2. The number of hydrogen-bond acceptors (Lipinski definition) is 4. The third-order valence-electron chi connectivity index (χ3n) is 3.63. The number of hydrogen-bond donors (Lipinski definition) is 2. The van der Waals surface area contributed by atoms with E-state index >= 15 is 0 Å². The molecule has 108 valence electrons. The maximum absolute atomic E-state index is 11.9. The Bertz CT molecular complexity index is 280. The summed E-state index contributed by atoms with van der Waals surface area (Å²) >= 11 is 0. The van der Waals surface area contributed by atoms with Crippen LogP contribution in [-0.2, 0) is 14.3 Å². The van der Waals surface area contributed by atoms with Crippen LogP contribution in [0.5, 0.6) is 0 Å². The maximum atomic E-state index is 11.9. The van der Waals surface area contributed by atoms with Gasteiger partial charge in [0.1, 0.15) is 0 Å². The second-order valence-electron chi connectivity index (χ2n) is 5.04. The molecule has 2 saturated heterocycles. The molecule has 19 heavy (non-hydrogen) atoms. The van der Waals surface area contributed by atoms with E-state index in [0.29, 0.717) is 39.3 Å². The van der Waals surface area contributed by atoms with Crippen LogP contribution in [0.1, 0.15) is 25.7 Å². The molecule has 0 aromatic rings. The SMILES string of the molecule is O=C(NCCC(=O)N1CCOCC1)[C@@H]1CCCCN1. The Morgan fingerprint density at radius 1 is 1.26 bits per heavy atom. The predicted octanol–water partition coefficient (Wildman–Crippen LogP) is -0.506. The van der Waals surface area contributed by atoms with Gasteiger partial charge in [-0.15, -0.1) is 0 Å². The lowest BCUT2D eigenvalue weighted by molar-refractivity contribution is -0.135. The molecule has 1 atom stereocenters. The Morgan fingerprint density at radius 2 is 2.05 bits per heavy atom. The van der Waals surface area contributed by atoms with E-state index in [1.54, 1.807) is 4.90 Å². The van der Waals surface area contributed by atoms with Crippen molar-refractivity contribution < 1.29 is 14.3 Å². The Morgan fingerprint density at radius 3 is 2.74 bits per heavy atom. The first kappa shape index (κ1) is 14.3. The average molecular weight is 269 g/mol. The molecule has 0 aliphatic carbocycles. The first-order chi connectivity index (χ1) is 9.27. The highest BCUT2D eigenvalue weighted by atomic mass is 16.5. The molecule has 2 heterocycles. The summed E-state index contributed by atoms with van der Waals surface area (Å²) in [7, 11) is 0. The van der Waals surface area contributed by atoms with Crippen LogP contribution in [0.4, 0.5) is 0 Å². The highest BCUT2D eigenvalue weighted by molar-refractivity contribution is 5.82. The first-order valence-corrected chi connectivity index (χ1v) is 7.14. The largest absolute Gasteiger partial charge is 0.378 e. The van der Waals surface area contributed by atoms with Crippen LogP contribution in [0.15, 0.2) is 0 Å². The van der Waals surface area contributed by atoms with Crippen molar-refractivity contribution in [2.24, 2.45) is 0 Å². The normalized spacial score (nSPS) is 24.0. The fourth-order valence-corrected chi connectivity index (χ4v) is 2.46. The molecule has 2 aliphatic rings. The molecule has 0 unspecified atom stereocenters. The van der Waals surface area contributed by atoms with E-state index in [1.807, 2.05) is 0 Å². The molecule has 0 saturated carbocycles. The summed E-state index contributed by atoms with van der Waals surface area (Å²) in [6, 6.07) is -0.0766. The minimum Gasteiger partial charge on any atom is -0.378 e. The predicted molar refractivity (Wildman–Crippen MR) is 70.7 cm³/mol. The fraction of sp³-hybridized carbons (Fsp3) is 0.846. The molecule has 2 rings (SSSR count). The van der Waals surface area contributed by atoms with E-state index in [9.17, 15) is 9.59 Å². The third kappa shape index (κ3) is 4.47. The summed E-state index contributed by atoms with van der Waals surface area (Å²) in [6.45, 7) is 3.89. The summed E-state index contributed by atoms with van der Waals surface area (Å²) in [5.41, 5.74) is 0. The van der Waals surface area contributed by atoms with Crippen molar-refractivity contribution in [2.75, 3.05) is 39.4 Å². The zero-order chi connectivity index (χ0) is 13.5. The minimum atomic E-state index is -0.0766. The van der Waals surface area contributed by atoms with Crippen LogP contribution >= 0.6 is 0 Å². The van der Waals surface area contributed by atoms with Crippen molar-refractivity contribution in [3.8, 4) is 0 Å². The van der Waals surface area contributed by atoms with Gasteiger partial charge in [0.05, 0.1) is 19.3 Å². The van der Waals surface area contributed by atoms with Crippen molar-refractivity contribution in [3.05, 3.63) is 0 Å².